The van der Waals surface area contributed by atoms with Gasteiger partial charge in [0.25, 0.3) is 0 Å². The van der Waals surface area contributed by atoms with Gasteiger partial charge < -0.3 is 10.6 Å². The first kappa shape index (κ1) is 25.0. The van der Waals surface area contributed by atoms with Crippen molar-refractivity contribution in [2.75, 3.05) is 11.9 Å². The minimum Gasteiger partial charge on any atom is -0.362 e. The molecule has 0 atom stereocenters. The summed E-state index contributed by atoms with van der Waals surface area (Å²) in [6, 6.07) is 8.30. The van der Waals surface area contributed by atoms with Crippen LogP contribution in [0.4, 0.5) is 18.9 Å². The molecule has 2 N–H and O–H groups in total. The SMILES string of the molecule is Cc1ccc(Cn2nc(C)c(NC(=S)NCCCn3nc(C(F)(F)F)c(Cl)c3C)c2C)cc1. The standard InChI is InChI=1S/C22H26ClF3N6S/c1-13-6-8-17(9-7-13)12-32-16(4)19(14(2)29-32)28-21(33)27-10-5-11-31-15(3)18(23)20(30-31)22(24,25)26/h6-9H,5,10-12H2,1-4H3,(H2,27,28,33). The lowest BCUT2D eigenvalue weighted by atomic mass is 10.1. The third kappa shape index (κ3) is 6.05. The fraction of sp³-hybridized carbons (Fsp3) is 0.409. The van der Waals surface area contributed by atoms with E-state index in [1.165, 1.54) is 17.2 Å². The molecule has 1 aromatic carbocycles. The van der Waals surface area contributed by atoms with Gasteiger partial charge >= 0.3 is 6.18 Å². The van der Waals surface area contributed by atoms with E-state index >= 15 is 0 Å². The summed E-state index contributed by atoms with van der Waals surface area (Å²) >= 11 is 11.2. The number of halogens is 4. The first-order valence-electron chi connectivity index (χ1n) is 10.4. The highest BCUT2D eigenvalue weighted by Crippen LogP contribution is 2.35. The van der Waals surface area contributed by atoms with Crippen LogP contribution in [-0.4, -0.2) is 31.2 Å². The van der Waals surface area contributed by atoms with E-state index < -0.39 is 11.9 Å². The van der Waals surface area contributed by atoms with Crippen molar-refractivity contribution in [2.45, 2.75) is 53.4 Å². The number of nitrogens with one attached hydrogen (secondary N) is 2. The molecule has 6 nitrogen and oxygen atoms in total. The number of nitrogens with zero attached hydrogens (tertiary/aromatic N) is 4. The van der Waals surface area contributed by atoms with Crippen LogP contribution in [-0.2, 0) is 19.3 Å². The van der Waals surface area contributed by atoms with Crippen LogP contribution in [0.1, 0.15) is 40.3 Å². The molecule has 178 valence electrons. The van der Waals surface area contributed by atoms with Crippen molar-refractivity contribution in [1.82, 2.24) is 24.9 Å². The van der Waals surface area contributed by atoms with E-state index in [-0.39, 0.29) is 17.3 Å². The molecule has 0 aliphatic heterocycles. The number of thiocarbonyl (C=S) groups is 1. The maximum atomic E-state index is 12.9. The van der Waals surface area contributed by atoms with E-state index in [9.17, 15) is 13.2 Å². The summed E-state index contributed by atoms with van der Waals surface area (Å²) in [5.74, 6) is 0. The summed E-state index contributed by atoms with van der Waals surface area (Å²) in [7, 11) is 0. The topological polar surface area (TPSA) is 59.7 Å². The molecule has 0 saturated carbocycles. The summed E-state index contributed by atoms with van der Waals surface area (Å²) in [5.41, 5.74) is 4.21. The fourth-order valence-electron chi connectivity index (χ4n) is 3.41. The highest BCUT2D eigenvalue weighted by atomic mass is 35.5. The Morgan fingerprint density at radius 3 is 2.30 bits per heavy atom. The van der Waals surface area contributed by atoms with Crippen LogP contribution in [0.2, 0.25) is 5.02 Å². The number of aryl methyl sites for hydroxylation is 3. The molecule has 0 amide bonds. The second-order valence-corrected chi connectivity index (χ2v) is 8.68. The first-order valence-corrected chi connectivity index (χ1v) is 11.2. The summed E-state index contributed by atoms with van der Waals surface area (Å²) < 4.78 is 42.0. The van der Waals surface area contributed by atoms with Crippen LogP contribution >= 0.6 is 23.8 Å². The van der Waals surface area contributed by atoms with Crippen molar-refractivity contribution in [3.63, 3.8) is 0 Å². The number of rotatable bonds is 7. The van der Waals surface area contributed by atoms with Gasteiger partial charge in [-0.2, -0.15) is 23.4 Å². The molecule has 0 fully saturated rings. The number of anilines is 1. The Morgan fingerprint density at radius 1 is 1.03 bits per heavy atom. The largest absolute Gasteiger partial charge is 0.436 e. The van der Waals surface area contributed by atoms with E-state index in [1.54, 1.807) is 0 Å². The lowest BCUT2D eigenvalue weighted by Gasteiger charge is -2.12. The molecular weight excluding hydrogens is 473 g/mol. The Kier molecular flexibility index (Phi) is 7.69. The summed E-state index contributed by atoms with van der Waals surface area (Å²) in [6.45, 7) is 8.84. The van der Waals surface area contributed by atoms with Crippen molar-refractivity contribution in [3.05, 3.63) is 63.2 Å². The third-order valence-electron chi connectivity index (χ3n) is 5.31. The van der Waals surface area contributed by atoms with Crippen molar-refractivity contribution in [1.29, 1.82) is 0 Å². The van der Waals surface area contributed by atoms with Crippen molar-refractivity contribution in [3.8, 4) is 0 Å². The van der Waals surface area contributed by atoms with Crippen molar-refractivity contribution >= 4 is 34.6 Å². The van der Waals surface area contributed by atoms with Gasteiger partial charge in [0.1, 0.15) is 0 Å². The Labute approximate surface area is 201 Å². The average Bonchev–Trinajstić information content (AvgIpc) is 3.17. The molecule has 0 bridgehead atoms. The van der Waals surface area contributed by atoms with E-state index in [0.717, 1.165) is 22.6 Å². The van der Waals surface area contributed by atoms with Gasteiger partial charge in [0, 0.05) is 13.1 Å². The molecule has 2 heterocycles. The zero-order chi connectivity index (χ0) is 24.3. The van der Waals surface area contributed by atoms with Gasteiger partial charge in [-0.25, -0.2) is 0 Å². The van der Waals surface area contributed by atoms with Gasteiger partial charge in [-0.1, -0.05) is 41.4 Å². The lowest BCUT2D eigenvalue weighted by Crippen LogP contribution is -2.30. The van der Waals surface area contributed by atoms with Gasteiger partial charge in [0.15, 0.2) is 10.8 Å². The Hall–Kier alpha value is -2.59. The highest BCUT2D eigenvalue weighted by molar-refractivity contribution is 7.80. The van der Waals surface area contributed by atoms with Gasteiger partial charge in [-0.3, -0.25) is 9.36 Å². The maximum Gasteiger partial charge on any atom is 0.436 e. The molecule has 0 saturated heterocycles. The van der Waals surface area contributed by atoms with Crippen molar-refractivity contribution < 1.29 is 13.2 Å². The van der Waals surface area contributed by atoms with Gasteiger partial charge in [0.2, 0.25) is 0 Å². The van der Waals surface area contributed by atoms with Crippen LogP contribution in [0.15, 0.2) is 24.3 Å². The van der Waals surface area contributed by atoms with Crippen molar-refractivity contribution in [2.24, 2.45) is 0 Å². The number of hydrogen-bond donors (Lipinski definition) is 2. The number of hydrogen-bond acceptors (Lipinski definition) is 3. The number of alkyl halides is 3. The van der Waals surface area contributed by atoms with Crippen LogP contribution in [0.5, 0.6) is 0 Å². The Balaban J connectivity index is 1.53. The molecule has 0 spiro atoms. The van der Waals surface area contributed by atoms with Crippen LogP contribution < -0.4 is 10.6 Å². The minimum atomic E-state index is -4.57. The molecule has 33 heavy (non-hydrogen) atoms. The minimum absolute atomic E-state index is 0.282. The molecule has 0 radical (unpaired) electrons. The number of benzene rings is 1. The summed E-state index contributed by atoms with van der Waals surface area (Å²) in [4.78, 5) is 0. The number of aromatic nitrogens is 4. The van der Waals surface area contributed by atoms with Gasteiger partial charge in [0.05, 0.1) is 34.3 Å². The van der Waals surface area contributed by atoms with E-state index in [0.29, 0.717) is 24.6 Å². The predicted octanol–water partition coefficient (Wildman–Crippen LogP) is 5.41. The van der Waals surface area contributed by atoms with Gasteiger partial charge in [-0.15, -0.1) is 0 Å². The molecule has 0 aliphatic carbocycles. The van der Waals surface area contributed by atoms with Crippen LogP contribution in [0, 0.1) is 27.7 Å². The van der Waals surface area contributed by atoms with Crippen LogP contribution in [0.3, 0.4) is 0 Å². The highest BCUT2D eigenvalue weighted by Gasteiger charge is 2.38. The second kappa shape index (κ2) is 10.1. The molecule has 2 aromatic heterocycles. The second-order valence-electron chi connectivity index (χ2n) is 7.89. The maximum absolute atomic E-state index is 12.9. The Morgan fingerprint density at radius 2 is 1.70 bits per heavy atom. The third-order valence-corrected chi connectivity index (χ3v) is 6.01. The Bertz CT molecular complexity index is 1130. The fourth-order valence-corrected chi connectivity index (χ4v) is 3.86. The molecular formula is C22H26ClF3N6S. The molecule has 0 unspecified atom stereocenters. The monoisotopic (exact) mass is 498 g/mol. The molecule has 3 rings (SSSR count). The quantitative estimate of drug-likeness (QED) is 0.337. The molecule has 0 aliphatic rings. The summed E-state index contributed by atoms with van der Waals surface area (Å²) in [6.07, 6.45) is -4.06. The van der Waals surface area contributed by atoms with E-state index in [4.69, 9.17) is 23.8 Å². The molecule has 11 heteroatoms. The van der Waals surface area contributed by atoms with E-state index in [2.05, 4.69) is 45.1 Å². The zero-order valence-corrected chi connectivity index (χ0v) is 20.4. The van der Waals surface area contributed by atoms with E-state index in [1.807, 2.05) is 25.5 Å². The summed E-state index contributed by atoms with van der Waals surface area (Å²) in [5, 5.41) is 14.5. The molecule has 3 aromatic rings. The first-order chi connectivity index (χ1) is 15.5. The average molecular weight is 499 g/mol. The van der Waals surface area contributed by atoms with Crippen LogP contribution in [0.25, 0.3) is 0 Å². The predicted molar refractivity (Wildman–Crippen MR) is 128 cm³/mol. The smallest absolute Gasteiger partial charge is 0.362 e. The lowest BCUT2D eigenvalue weighted by molar-refractivity contribution is -0.141. The van der Waals surface area contributed by atoms with Gasteiger partial charge in [-0.05, 0) is 51.9 Å². The normalized spacial score (nSPS) is 11.6. The zero-order valence-electron chi connectivity index (χ0n) is 18.8.